The van der Waals surface area contributed by atoms with Crippen LogP contribution in [-0.4, -0.2) is 17.4 Å². The molecule has 0 amide bonds. The number of hydrogen-bond acceptors (Lipinski definition) is 3. The summed E-state index contributed by atoms with van der Waals surface area (Å²) in [5.41, 5.74) is 3.24. The van der Waals surface area contributed by atoms with Gasteiger partial charge in [-0.25, -0.2) is 0 Å². The number of rotatable bonds is 4. The van der Waals surface area contributed by atoms with Crippen molar-refractivity contribution >= 4 is 16.6 Å². The first-order valence-electron chi connectivity index (χ1n) is 7.99. The molecule has 23 heavy (non-hydrogen) atoms. The van der Waals surface area contributed by atoms with Crippen molar-refractivity contribution in [2.75, 3.05) is 6.61 Å². The molecule has 1 aliphatic carbocycles. The Hall–Kier alpha value is -2.68. The number of unbranched alkanes of at least 4 members (excludes halogenated alkanes) is 1. The molecular weight excluding hydrogens is 286 g/mol. The number of carbonyl (C=O) groups is 1. The van der Waals surface area contributed by atoms with Crippen LogP contribution in [-0.2, 0) is 0 Å². The number of ketones is 1. The fourth-order valence-electron chi connectivity index (χ4n) is 3.12. The Labute approximate surface area is 134 Å². The first kappa shape index (κ1) is 13.9. The molecule has 1 aromatic heterocycles. The van der Waals surface area contributed by atoms with E-state index >= 15 is 0 Å². The summed E-state index contributed by atoms with van der Waals surface area (Å²) < 4.78 is 5.80. The fraction of sp³-hybridized carbons (Fsp3) is 0.200. The van der Waals surface area contributed by atoms with Gasteiger partial charge in [0.15, 0.2) is 0 Å². The summed E-state index contributed by atoms with van der Waals surface area (Å²) in [6, 6.07) is 13.7. The minimum atomic E-state index is -0.00981. The van der Waals surface area contributed by atoms with Crippen molar-refractivity contribution in [3.63, 3.8) is 0 Å². The van der Waals surface area contributed by atoms with Gasteiger partial charge in [0, 0.05) is 17.1 Å². The molecule has 0 N–H and O–H groups in total. The molecule has 3 heteroatoms. The number of fused-ring (bicyclic) bond motifs is 2. The van der Waals surface area contributed by atoms with Crippen LogP contribution in [0.2, 0.25) is 0 Å². The number of carbonyl (C=O) groups excluding carboxylic acids is 1. The number of pyridine rings is 1. The summed E-state index contributed by atoms with van der Waals surface area (Å²) in [4.78, 5) is 17.1. The standard InChI is InChI=1S/C20H17NO2/c1-2-3-11-23-14-7-8-16-17(12-14)15-6-4-5-13-9-10-21-19(18(13)15)20(16)22/h4-10,12H,2-3,11H2,1H3. The number of benzene rings is 2. The molecule has 114 valence electrons. The zero-order valence-electron chi connectivity index (χ0n) is 13.0. The fourth-order valence-corrected chi connectivity index (χ4v) is 3.12. The summed E-state index contributed by atoms with van der Waals surface area (Å²) in [6.45, 7) is 2.84. The van der Waals surface area contributed by atoms with Gasteiger partial charge in [0.2, 0.25) is 5.78 Å². The lowest BCUT2D eigenvalue weighted by Crippen LogP contribution is -2.12. The van der Waals surface area contributed by atoms with Crippen LogP contribution in [0.4, 0.5) is 0 Å². The van der Waals surface area contributed by atoms with Crippen LogP contribution >= 0.6 is 0 Å². The SMILES string of the molecule is CCCCOc1ccc2c(c1)-c1cccc3ccnc(c13)C2=O. The van der Waals surface area contributed by atoms with E-state index in [-0.39, 0.29) is 5.78 Å². The minimum Gasteiger partial charge on any atom is -0.494 e. The van der Waals surface area contributed by atoms with Gasteiger partial charge in [-0.3, -0.25) is 9.78 Å². The van der Waals surface area contributed by atoms with Gasteiger partial charge < -0.3 is 4.74 Å². The highest BCUT2D eigenvalue weighted by atomic mass is 16.5. The Morgan fingerprint density at radius 3 is 2.83 bits per heavy atom. The number of nitrogens with zero attached hydrogens (tertiary/aromatic N) is 1. The lowest BCUT2D eigenvalue weighted by Gasteiger charge is -2.19. The van der Waals surface area contributed by atoms with Crippen molar-refractivity contribution in [1.82, 2.24) is 4.98 Å². The number of aromatic nitrogens is 1. The van der Waals surface area contributed by atoms with Gasteiger partial charge in [-0.15, -0.1) is 0 Å². The molecular formula is C20H17NO2. The maximum atomic E-state index is 12.8. The van der Waals surface area contributed by atoms with Gasteiger partial charge in [-0.05, 0) is 47.2 Å². The monoisotopic (exact) mass is 303 g/mol. The van der Waals surface area contributed by atoms with Crippen molar-refractivity contribution < 1.29 is 9.53 Å². The maximum Gasteiger partial charge on any atom is 0.212 e. The second kappa shape index (κ2) is 5.51. The summed E-state index contributed by atoms with van der Waals surface area (Å²) in [6.07, 6.45) is 3.83. The summed E-state index contributed by atoms with van der Waals surface area (Å²) in [7, 11) is 0. The zero-order valence-corrected chi connectivity index (χ0v) is 13.0. The van der Waals surface area contributed by atoms with Crippen LogP contribution in [0, 0.1) is 0 Å². The highest BCUT2D eigenvalue weighted by Gasteiger charge is 2.26. The number of hydrogen-bond donors (Lipinski definition) is 0. The molecule has 0 aliphatic heterocycles. The first-order chi connectivity index (χ1) is 11.3. The molecule has 3 aromatic rings. The molecule has 0 atom stereocenters. The van der Waals surface area contributed by atoms with Crippen molar-refractivity contribution in [3.05, 3.63) is 59.9 Å². The lowest BCUT2D eigenvalue weighted by atomic mass is 9.85. The Morgan fingerprint density at radius 1 is 1.04 bits per heavy atom. The summed E-state index contributed by atoms with van der Waals surface area (Å²) >= 11 is 0. The van der Waals surface area contributed by atoms with Gasteiger partial charge >= 0.3 is 0 Å². The molecule has 1 heterocycles. The van der Waals surface area contributed by atoms with Gasteiger partial charge in [0.05, 0.1) is 6.61 Å². The van der Waals surface area contributed by atoms with Gasteiger partial charge in [0.1, 0.15) is 11.4 Å². The molecule has 0 bridgehead atoms. The Bertz CT molecular complexity index is 909. The van der Waals surface area contributed by atoms with E-state index in [0.717, 1.165) is 40.5 Å². The molecule has 0 unspecified atom stereocenters. The van der Waals surface area contributed by atoms with Crippen molar-refractivity contribution in [2.45, 2.75) is 19.8 Å². The van der Waals surface area contributed by atoms with Crippen molar-refractivity contribution in [1.29, 1.82) is 0 Å². The van der Waals surface area contributed by atoms with Gasteiger partial charge in [0.25, 0.3) is 0 Å². The highest BCUT2D eigenvalue weighted by molar-refractivity contribution is 6.24. The lowest BCUT2D eigenvalue weighted by molar-refractivity contribution is 0.103. The van der Waals surface area contributed by atoms with Gasteiger partial charge in [-0.1, -0.05) is 31.5 Å². The van der Waals surface area contributed by atoms with Crippen molar-refractivity contribution in [3.8, 4) is 16.9 Å². The second-order valence-electron chi connectivity index (χ2n) is 5.80. The molecule has 3 nitrogen and oxygen atoms in total. The van der Waals surface area contributed by atoms with Crippen LogP contribution in [0.25, 0.3) is 21.9 Å². The smallest absolute Gasteiger partial charge is 0.212 e. The third kappa shape index (κ3) is 2.20. The van der Waals surface area contributed by atoms with E-state index in [2.05, 4.69) is 18.0 Å². The molecule has 1 aliphatic rings. The minimum absolute atomic E-state index is 0.00981. The quantitative estimate of drug-likeness (QED) is 0.516. The van der Waals surface area contributed by atoms with E-state index in [0.29, 0.717) is 17.9 Å². The average Bonchev–Trinajstić information content (AvgIpc) is 2.59. The normalized spacial score (nSPS) is 12.3. The number of ether oxygens (including phenoxy) is 1. The van der Waals surface area contributed by atoms with E-state index in [1.54, 1.807) is 6.20 Å². The van der Waals surface area contributed by atoms with E-state index in [1.807, 2.05) is 36.4 Å². The molecule has 0 saturated carbocycles. The van der Waals surface area contributed by atoms with Crippen molar-refractivity contribution in [2.24, 2.45) is 0 Å². The molecule has 2 aromatic carbocycles. The van der Waals surface area contributed by atoms with Crippen LogP contribution in [0.1, 0.15) is 35.8 Å². The van der Waals surface area contributed by atoms with E-state index < -0.39 is 0 Å². The molecule has 0 saturated heterocycles. The Balaban J connectivity index is 1.89. The molecule has 0 spiro atoms. The second-order valence-corrected chi connectivity index (χ2v) is 5.80. The van der Waals surface area contributed by atoms with E-state index in [9.17, 15) is 4.79 Å². The largest absolute Gasteiger partial charge is 0.494 e. The zero-order chi connectivity index (χ0) is 15.8. The van der Waals surface area contributed by atoms with Crippen LogP contribution < -0.4 is 4.74 Å². The molecule has 4 rings (SSSR count). The average molecular weight is 303 g/mol. The van der Waals surface area contributed by atoms with Crippen LogP contribution in [0.15, 0.2) is 48.7 Å². The maximum absolute atomic E-state index is 12.8. The highest BCUT2D eigenvalue weighted by Crippen LogP contribution is 2.39. The van der Waals surface area contributed by atoms with E-state index in [4.69, 9.17) is 4.74 Å². The molecule has 0 fully saturated rings. The third-order valence-corrected chi connectivity index (χ3v) is 4.30. The third-order valence-electron chi connectivity index (χ3n) is 4.30. The predicted octanol–water partition coefficient (Wildman–Crippen LogP) is 4.63. The first-order valence-corrected chi connectivity index (χ1v) is 7.99. The van der Waals surface area contributed by atoms with Crippen LogP contribution in [0.3, 0.4) is 0 Å². The summed E-state index contributed by atoms with van der Waals surface area (Å²) in [5.74, 6) is 0.804. The Kier molecular flexibility index (Phi) is 3.34. The van der Waals surface area contributed by atoms with Crippen LogP contribution in [0.5, 0.6) is 5.75 Å². The van der Waals surface area contributed by atoms with E-state index in [1.165, 1.54) is 0 Å². The topological polar surface area (TPSA) is 39.2 Å². The predicted molar refractivity (Wildman–Crippen MR) is 91.0 cm³/mol. The van der Waals surface area contributed by atoms with Gasteiger partial charge in [-0.2, -0.15) is 0 Å². The summed E-state index contributed by atoms with van der Waals surface area (Å²) in [5, 5.41) is 1.99. The molecule has 0 radical (unpaired) electrons. The Morgan fingerprint density at radius 2 is 1.96 bits per heavy atom.